The zero-order valence-corrected chi connectivity index (χ0v) is 15.7. The molecule has 9 heteroatoms. The monoisotopic (exact) mass is 396 g/mol. The number of hydrogen-bond acceptors (Lipinski definition) is 4. The van der Waals surface area contributed by atoms with E-state index in [4.69, 9.17) is 4.74 Å². The van der Waals surface area contributed by atoms with E-state index in [-0.39, 0.29) is 5.88 Å². The van der Waals surface area contributed by atoms with Crippen molar-refractivity contribution in [3.8, 4) is 11.6 Å². The summed E-state index contributed by atoms with van der Waals surface area (Å²) in [6.07, 6.45) is -2.95. The molecule has 1 heterocycles. The standard InChI is InChI=1S/C19H23F3N4O2/c1-3-23-18(26-12-15-6-4-5-7-16(15)27-2)25-11-14-8-9-17(24-10-14)28-13-19(20,21)22/h4-10H,3,11-13H2,1-2H3,(H2,23,25,26). The van der Waals surface area contributed by atoms with Crippen molar-refractivity contribution in [1.82, 2.24) is 15.6 Å². The number of guanidine groups is 1. The molecule has 0 atom stereocenters. The molecule has 1 aromatic carbocycles. The van der Waals surface area contributed by atoms with Gasteiger partial charge in [-0.05, 0) is 18.6 Å². The van der Waals surface area contributed by atoms with Crippen molar-refractivity contribution in [2.75, 3.05) is 20.3 Å². The van der Waals surface area contributed by atoms with Gasteiger partial charge in [0.15, 0.2) is 12.6 Å². The summed E-state index contributed by atoms with van der Waals surface area (Å²) in [5.41, 5.74) is 1.73. The van der Waals surface area contributed by atoms with Crippen LogP contribution in [0, 0.1) is 0 Å². The molecule has 0 fully saturated rings. The lowest BCUT2D eigenvalue weighted by atomic mass is 10.2. The molecular weight excluding hydrogens is 373 g/mol. The highest BCUT2D eigenvalue weighted by Crippen LogP contribution is 2.18. The number of halogens is 3. The Hall–Kier alpha value is -2.97. The normalized spacial score (nSPS) is 11.8. The summed E-state index contributed by atoms with van der Waals surface area (Å²) in [4.78, 5) is 8.34. The Labute approximate surface area is 161 Å². The number of rotatable bonds is 8. The number of aromatic nitrogens is 1. The first kappa shape index (κ1) is 21.3. The lowest BCUT2D eigenvalue weighted by Gasteiger charge is -2.13. The van der Waals surface area contributed by atoms with Gasteiger partial charge in [0, 0.05) is 30.9 Å². The fourth-order valence-electron chi connectivity index (χ4n) is 2.29. The van der Waals surface area contributed by atoms with Crippen LogP contribution in [0.4, 0.5) is 13.2 Å². The average Bonchev–Trinajstić information content (AvgIpc) is 2.69. The topological polar surface area (TPSA) is 67.8 Å². The van der Waals surface area contributed by atoms with Gasteiger partial charge in [-0.1, -0.05) is 24.3 Å². The number of hydrogen-bond donors (Lipinski definition) is 2. The van der Waals surface area contributed by atoms with Gasteiger partial charge in [0.05, 0.1) is 13.7 Å². The predicted octanol–water partition coefficient (Wildman–Crippen LogP) is 3.29. The molecule has 1 aromatic heterocycles. The maximum atomic E-state index is 12.2. The molecule has 28 heavy (non-hydrogen) atoms. The van der Waals surface area contributed by atoms with Crippen molar-refractivity contribution in [2.45, 2.75) is 26.2 Å². The van der Waals surface area contributed by atoms with Gasteiger partial charge in [-0.25, -0.2) is 9.98 Å². The molecule has 0 aliphatic carbocycles. The van der Waals surface area contributed by atoms with Crippen LogP contribution in [0.25, 0.3) is 0 Å². The Morgan fingerprint density at radius 3 is 2.57 bits per heavy atom. The van der Waals surface area contributed by atoms with Crippen LogP contribution >= 0.6 is 0 Å². The molecular formula is C19H23F3N4O2. The van der Waals surface area contributed by atoms with E-state index < -0.39 is 12.8 Å². The quantitative estimate of drug-likeness (QED) is 0.530. The molecule has 0 saturated heterocycles. The Morgan fingerprint density at radius 2 is 1.93 bits per heavy atom. The van der Waals surface area contributed by atoms with E-state index in [1.54, 1.807) is 13.2 Å². The molecule has 152 valence electrons. The van der Waals surface area contributed by atoms with Crippen LogP contribution in [0.3, 0.4) is 0 Å². The minimum Gasteiger partial charge on any atom is -0.496 e. The summed E-state index contributed by atoms with van der Waals surface area (Å²) < 4.78 is 46.4. The van der Waals surface area contributed by atoms with Gasteiger partial charge >= 0.3 is 6.18 Å². The average molecular weight is 396 g/mol. The summed E-state index contributed by atoms with van der Waals surface area (Å²) in [6, 6.07) is 10.7. The Kier molecular flexibility index (Phi) is 7.91. The van der Waals surface area contributed by atoms with E-state index in [1.165, 1.54) is 12.3 Å². The second-order valence-corrected chi connectivity index (χ2v) is 5.77. The molecule has 0 amide bonds. The lowest BCUT2D eigenvalue weighted by Crippen LogP contribution is -2.36. The van der Waals surface area contributed by atoms with Gasteiger partial charge in [-0.3, -0.25) is 0 Å². The fraction of sp³-hybridized carbons (Fsp3) is 0.368. The summed E-state index contributed by atoms with van der Waals surface area (Å²) in [6.45, 7) is 2.11. The van der Waals surface area contributed by atoms with E-state index >= 15 is 0 Å². The largest absolute Gasteiger partial charge is 0.496 e. The predicted molar refractivity (Wildman–Crippen MR) is 100 cm³/mol. The van der Waals surface area contributed by atoms with Gasteiger partial charge in [-0.15, -0.1) is 0 Å². The van der Waals surface area contributed by atoms with Crippen LogP contribution in [0.1, 0.15) is 18.1 Å². The summed E-state index contributed by atoms with van der Waals surface area (Å²) in [5.74, 6) is 1.31. The first-order chi connectivity index (χ1) is 13.4. The van der Waals surface area contributed by atoms with Crippen molar-refractivity contribution in [2.24, 2.45) is 4.99 Å². The number of alkyl halides is 3. The third-order valence-electron chi connectivity index (χ3n) is 3.58. The molecule has 0 radical (unpaired) electrons. The highest BCUT2D eigenvalue weighted by molar-refractivity contribution is 5.79. The maximum Gasteiger partial charge on any atom is 0.422 e. The minimum absolute atomic E-state index is 0.0775. The number of pyridine rings is 1. The zero-order valence-electron chi connectivity index (χ0n) is 15.7. The fourth-order valence-corrected chi connectivity index (χ4v) is 2.29. The zero-order chi connectivity index (χ0) is 20.4. The number of methoxy groups -OCH3 is 1. The minimum atomic E-state index is -4.39. The molecule has 0 saturated carbocycles. The first-order valence-electron chi connectivity index (χ1n) is 8.70. The Morgan fingerprint density at radius 1 is 1.14 bits per heavy atom. The van der Waals surface area contributed by atoms with Gasteiger partial charge in [0.25, 0.3) is 0 Å². The smallest absolute Gasteiger partial charge is 0.422 e. The summed E-state index contributed by atoms with van der Waals surface area (Å²) in [5, 5.41) is 6.36. The van der Waals surface area contributed by atoms with Crippen molar-refractivity contribution < 1.29 is 22.6 Å². The molecule has 0 unspecified atom stereocenters. The number of ether oxygens (including phenoxy) is 2. The van der Waals surface area contributed by atoms with Crippen LogP contribution in [0.2, 0.25) is 0 Å². The second kappa shape index (κ2) is 10.4. The molecule has 2 aromatic rings. The van der Waals surface area contributed by atoms with Crippen molar-refractivity contribution >= 4 is 5.96 Å². The first-order valence-corrected chi connectivity index (χ1v) is 8.70. The molecule has 6 nitrogen and oxygen atoms in total. The number of para-hydroxylation sites is 1. The van der Waals surface area contributed by atoms with E-state index in [9.17, 15) is 13.2 Å². The highest BCUT2D eigenvalue weighted by atomic mass is 19.4. The third-order valence-corrected chi connectivity index (χ3v) is 3.58. The van der Waals surface area contributed by atoms with Crippen LogP contribution in [0.5, 0.6) is 11.6 Å². The van der Waals surface area contributed by atoms with Crippen molar-refractivity contribution in [3.63, 3.8) is 0 Å². The SMILES string of the molecule is CCNC(=NCc1ccc(OCC(F)(F)F)nc1)NCc1ccccc1OC. The number of benzene rings is 1. The van der Waals surface area contributed by atoms with Crippen LogP contribution < -0.4 is 20.1 Å². The van der Waals surface area contributed by atoms with Gasteiger partial charge < -0.3 is 20.1 Å². The van der Waals surface area contributed by atoms with Crippen LogP contribution in [-0.2, 0) is 13.1 Å². The number of nitrogens with zero attached hydrogens (tertiary/aromatic N) is 2. The number of aliphatic imine (C=N–C) groups is 1. The summed E-state index contributed by atoms with van der Waals surface area (Å²) in [7, 11) is 1.62. The third kappa shape index (κ3) is 7.34. The van der Waals surface area contributed by atoms with Crippen molar-refractivity contribution in [3.05, 3.63) is 53.7 Å². The van der Waals surface area contributed by atoms with Gasteiger partial charge in [0.1, 0.15) is 5.75 Å². The molecule has 0 bridgehead atoms. The van der Waals surface area contributed by atoms with Gasteiger partial charge in [0.2, 0.25) is 5.88 Å². The van der Waals surface area contributed by atoms with E-state index in [0.717, 1.165) is 16.9 Å². The Balaban J connectivity index is 1.94. The van der Waals surface area contributed by atoms with Gasteiger partial charge in [-0.2, -0.15) is 13.2 Å². The molecule has 2 N–H and O–H groups in total. The van der Waals surface area contributed by atoms with Crippen molar-refractivity contribution in [1.29, 1.82) is 0 Å². The van der Waals surface area contributed by atoms with E-state index in [0.29, 0.717) is 25.6 Å². The maximum absolute atomic E-state index is 12.2. The van der Waals surface area contributed by atoms with E-state index in [2.05, 4.69) is 25.3 Å². The molecule has 2 rings (SSSR count). The molecule has 0 spiro atoms. The lowest BCUT2D eigenvalue weighted by molar-refractivity contribution is -0.154. The number of nitrogens with one attached hydrogen (secondary N) is 2. The Bertz CT molecular complexity index is 765. The molecule has 0 aliphatic rings. The van der Waals surface area contributed by atoms with Crippen LogP contribution in [-0.4, -0.2) is 37.4 Å². The summed E-state index contributed by atoms with van der Waals surface area (Å²) >= 11 is 0. The highest BCUT2D eigenvalue weighted by Gasteiger charge is 2.28. The molecule has 0 aliphatic heterocycles. The second-order valence-electron chi connectivity index (χ2n) is 5.77. The van der Waals surface area contributed by atoms with Crippen LogP contribution in [0.15, 0.2) is 47.6 Å². The van der Waals surface area contributed by atoms with E-state index in [1.807, 2.05) is 31.2 Å².